The number of aromatic nitrogens is 1. The molecule has 3 aromatic rings. The van der Waals surface area contributed by atoms with Gasteiger partial charge in [-0.05, 0) is 48.3 Å². The van der Waals surface area contributed by atoms with E-state index in [-0.39, 0.29) is 0 Å². The molecule has 0 atom stereocenters. The maximum atomic E-state index is 6.22. The molecule has 2 N–H and O–H groups in total. The lowest BCUT2D eigenvalue weighted by molar-refractivity contribution is 0.484. The van der Waals surface area contributed by atoms with Gasteiger partial charge < -0.3 is 10.1 Å². The zero-order valence-corrected chi connectivity index (χ0v) is 15.9. The molecule has 5 nitrogen and oxygen atoms in total. The number of para-hydroxylation sites is 2. The zero-order valence-electron chi connectivity index (χ0n) is 14.4. The Morgan fingerprint density at radius 1 is 1.00 bits per heavy atom. The van der Waals surface area contributed by atoms with Crippen LogP contribution in [0.4, 0.5) is 5.69 Å². The lowest BCUT2D eigenvalue weighted by Gasteiger charge is -2.23. The molecule has 7 heteroatoms. The van der Waals surface area contributed by atoms with Crippen LogP contribution >= 0.6 is 23.5 Å². The third-order valence-corrected chi connectivity index (χ3v) is 5.08. The van der Waals surface area contributed by atoms with Gasteiger partial charge in [0.15, 0.2) is 5.75 Å². The monoisotopic (exact) mass is 396 g/mol. The van der Waals surface area contributed by atoms with Crippen LogP contribution in [0.2, 0.25) is 5.02 Å². The fourth-order valence-electron chi connectivity index (χ4n) is 2.60. The number of ether oxygens (including phenoxy) is 1. The molecular formula is C20H17ClN4OS. The Kier molecular flexibility index (Phi) is 5.46. The molecule has 0 unspecified atom stereocenters. The first-order valence-corrected chi connectivity index (χ1v) is 9.69. The molecule has 1 aliphatic rings. The molecule has 0 aliphatic carbocycles. The normalized spacial score (nSPS) is 14.2. The van der Waals surface area contributed by atoms with Gasteiger partial charge in [-0.2, -0.15) is 0 Å². The van der Waals surface area contributed by atoms with Crippen LogP contribution in [0.15, 0.2) is 76.7 Å². The summed E-state index contributed by atoms with van der Waals surface area (Å²) in [6.07, 6.45) is 2.58. The van der Waals surface area contributed by atoms with Crippen molar-refractivity contribution in [3.8, 4) is 11.5 Å². The van der Waals surface area contributed by atoms with Crippen molar-refractivity contribution in [1.29, 1.82) is 0 Å². The molecule has 136 valence electrons. The van der Waals surface area contributed by atoms with Crippen LogP contribution in [-0.4, -0.2) is 17.5 Å². The van der Waals surface area contributed by atoms with E-state index in [1.54, 1.807) is 12.3 Å². The van der Waals surface area contributed by atoms with E-state index < -0.39 is 0 Å². The number of rotatable bonds is 5. The zero-order chi connectivity index (χ0) is 18.5. The highest BCUT2D eigenvalue weighted by Crippen LogP contribution is 2.40. The smallest absolute Gasteiger partial charge is 0.206 e. The number of pyridine rings is 1. The fourth-order valence-corrected chi connectivity index (χ4v) is 3.49. The van der Waals surface area contributed by atoms with Crippen LogP contribution < -0.4 is 14.8 Å². The molecule has 0 saturated carbocycles. The molecule has 0 amide bonds. The Morgan fingerprint density at radius 3 is 2.70 bits per heavy atom. The predicted octanol–water partition coefficient (Wildman–Crippen LogP) is 5.15. The van der Waals surface area contributed by atoms with Gasteiger partial charge in [0.1, 0.15) is 5.75 Å². The highest BCUT2D eigenvalue weighted by Gasteiger charge is 2.18. The second kappa shape index (κ2) is 8.33. The van der Waals surface area contributed by atoms with E-state index in [1.807, 2.05) is 54.6 Å². The Hall–Kier alpha value is -2.70. The maximum Gasteiger partial charge on any atom is 0.206 e. The number of nitrogens with zero attached hydrogens (tertiary/aromatic N) is 2. The molecule has 0 radical (unpaired) electrons. The Morgan fingerprint density at radius 2 is 1.85 bits per heavy atom. The van der Waals surface area contributed by atoms with Gasteiger partial charge in [-0.15, -0.1) is 0 Å². The summed E-state index contributed by atoms with van der Waals surface area (Å²) in [6.45, 7) is 0.635. The summed E-state index contributed by atoms with van der Waals surface area (Å²) in [5, 5.41) is 3.89. The lowest BCUT2D eigenvalue weighted by Crippen LogP contribution is -2.30. The molecule has 4 rings (SSSR count). The molecule has 0 fully saturated rings. The summed E-state index contributed by atoms with van der Waals surface area (Å²) in [7, 11) is 0. The second-order valence-electron chi connectivity index (χ2n) is 5.79. The molecule has 2 aromatic carbocycles. The summed E-state index contributed by atoms with van der Waals surface area (Å²) in [5.41, 5.74) is 1.89. The van der Waals surface area contributed by atoms with Crippen molar-refractivity contribution in [1.82, 2.24) is 9.71 Å². The van der Waals surface area contributed by atoms with Crippen LogP contribution in [0.25, 0.3) is 0 Å². The fraction of sp³-hybridized carbons (Fsp3) is 0.100. The molecule has 27 heavy (non-hydrogen) atoms. The number of fused-ring (bicyclic) bond motifs is 1. The van der Waals surface area contributed by atoms with Crippen molar-refractivity contribution in [3.63, 3.8) is 0 Å². The van der Waals surface area contributed by atoms with Crippen molar-refractivity contribution in [3.05, 3.63) is 77.6 Å². The van der Waals surface area contributed by atoms with E-state index in [0.717, 1.165) is 22.7 Å². The van der Waals surface area contributed by atoms with Gasteiger partial charge in [0.05, 0.1) is 15.6 Å². The standard InChI is InChI=1S/C20H17ClN4OS/c21-15-7-1-2-8-16(15)26-17-9-5-10-18-19(17)24-20(25-27-18)23-13-11-14-6-3-4-12-22-14/h1-10,12H,11,13H2,(H2,23,24,25). The van der Waals surface area contributed by atoms with E-state index in [0.29, 0.717) is 29.0 Å². The Balaban J connectivity index is 1.49. The number of benzene rings is 2. The highest BCUT2D eigenvalue weighted by atomic mass is 35.5. The molecule has 0 spiro atoms. The van der Waals surface area contributed by atoms with E-state index in [2.05, 4.69) is 20.0 Å². The van der Waals surface area contributed by atoms with E-state index >= 15 is 0 Å². The first-order chi connectivity index (χ1) is 13.3. The van der Waals surface area contributed by atoms with Gasteiger partial charge in [0.25, 0.3) is 0 Å². The first kappa shape index (κ1) is 17.7. The number of halogens is 1. The summed E-state index contributed by atoms with van der Waals surface area (Å²) >= 11 is 7.72. The second-order valence-corrected chi connectivity index (χ2v) is 7.05. The summed E-state index contributed by atoms with van der Waals surface area (Å²) in [5.74, 6) is 2.01. The molecular weight excluding hydrogens is 380 g/mol. The van der Waals surface area contributed by atoms with Crippen molar-refractivity contribution < 1.29 is 4.74 Å². The summed E-state index contributed by atoms with van der Waals surface area (Å²) in [6, 6.07) is 19.2. The minimum absolute atomic E-state index is 0.570. The van der Waals surface area contributed by atoms with Gasteiger partial charge >= 0.3 is 0 Å². The molecule has 0 saturated heterocycles. The van der Waals surface area contributed by atoms with Crippen LogP contribution in [-0.2, 0) is 6.42 Å². The van der Waals surface area contributed by atoms with Crippen molar-refractivity contribution in [2.24, 2.45) is 4.99 Å². The summed E-state index contributed by atoms with van der Waals surface area (Å²) < 4.78 is 9.25. The molecule has 1 aliphatic heterocycles. The topological polar surface area (TPSA) is 58.5 Å². The number of anilines is 1. The number of nitrogens with one attached hydrogen (secondary N) is 2. The minimum Gasteiger partial charge on any atom is -0.454 e. The van der Waals surface area contributed by atoms with Gasteiger partial charge in [0.2, 0.25) is 5.96 Å². The van der Waals surface area contributed by atoms with Gasteiger partial charge in [0, 0.05) is 24.9 Å². The molecule has 0 bridgehead atoms. The minimum atomic E-state index is 0.570. The van der Waals surface area contributed by atoms with Crippen molar-refractivity contribution in [2.75, 3.05) is 11.9 Å². The van der Waals surface area contributed by atoms with Crippen LogP contribution in [0.1, 0.15) is 5.69 Å². The first-order valence-electron chi connectivity index (χ1n) is 8.49. The Bertz CT molecular complexity index is 965. The molecule has 1 aromatic heterocycles. The molecule has 2 heterocycles. The third-order valence-electron chi connectivity index (χ3n) is 3.91. The van der Waals surface area contributed by atoms with E-state index in [4.69, 9.17) is 16.3 Å². The van der Waals surface area contributed by atoms with Gasteiger partial charge in [-0.3, -0.25) is 14.7 Å². The van der Waals surface area contributed by atoms with Crippen molar-refractivity contribution in [2.45, 2.75) is 11.3 Å². The number of aliphatic imine (C=N–C) groups is 1. The van der Waals surface area contributed by atoms with Crippen molar-refractivity contribution >= 4 is 35.2 Å². The SMILES string of the molecule is Clc1ccccc1Oc1cccc2c1NC(=NCCc1ccccn1)NS2. The van der Waals surface area contributed by atoms with Gasteiger partial charge in [-0.1, -0.05) is 35.9 Å². The third kappa shape index (κ3) is 4.35. The lowest BCUT2D eigenvalue weighted by atomic mass is 10.2. The van der Waals surface area contributed by atoms with E-state index in [1.165, 1.54) is 11.9 Å². The predicted molar refractivity (Wildman–Crippen MR) is 111 cm³/mol. The highest BCUT2D eigenvalue weighted by molar-refractivity contribution is 7.98. The Labute approximate surface area is 167 Å². The van der Waals surface area contributed by atoms with Crippen LogP contribution in [0, 0.1) is 0 Å². The average molecular weight is 397 g/mol. The number of guanidine groups is 1. The maximum absolute atomic E-state index is 6.22. The summed E-state index contributed by atoms with van der Waals surface area (Å²) in [4.78, 5) is 9.94. The number of hydrogen-bond acceptors (Lipinski definition) is 4. The van der Waals surface area contributed by atoms with E-state index in [9.17, 15) is 0 Å². The quantitative estimate of drug-likeness (QED) is 0.584. The van der Waals surface area contributed by atoms with Crippen LogP contribution in [0.3, 0.4) is 0 Å². The largest absolute Gasteiger partial charge is 0.454 e. The average Bonchev–Trinajstić information content (AvgIpc) is 2.71. The van der Waals surface area contributed by atoms with Gasteiger partial charge in [-0.25, -0.2) is 0 Å². The van der Waals surface area contributed by atoms with Crippen LogP contribution in [0.5, 0.6) is 11.5 Å². The number of hydrogen-bond donors (Lipinski definition) is 2.